The summed E-state index contributed by atoms with van der Waals surface area (Å²) in [5.74, 6) is -3.43. The van der Waals surface area contributed by atoms with Gasteiger partial charge in [0.25, 0.3) is 0 Å². The summed E-state index contributed by atoms with van der Waals surface area (Å²) in [7, 11) is 0. The molecule has 5 heteroatoms. The molecule has 82 valence electrons. The first-order chi connectivity index (χ1) is 6.98. The quantitative estimate of drug-likeness (QED) is 0.732. The molecule has 0 aromatic carbocycles. The number of alkyl halides is 2. The van der Waals surface area contributed by atoms with Crippen molar-refractivity contribution in [2.45, 2.75) is 32.1 Å². The van der Waals surface area contributed by atoms with E-state index < -0.39 is 11.8 Å². The van der Waals surface area contributed by atoms with E-state index in [-0.39, 0.29) is 25.0 Å². The van der Waals surface area contributed by atoms with Crippen LogP contribution >= 0.6 is 11.3 Å². The number of nitrogens with zero attached hydrogens (tertiary/aromatic N) is 1. The van der Waals surface area contributed by atoms with E-state index in [9.17, 15) is 13.6 Å². The summed E-state index contributed by atoms with van der Waals surface area (Å²) in [4.78, 5) is 15.8. The monoisotopic (exact) mass is 231 g/mol. The molecule has 1 aliphatic rings. The van der Waals surface area contributed by atoms with Crippen molar-refractivity contribution < 1.29 is 13.6 Å². The van der Waals surface area contributed by atoms with Gasteiger partial charge in [-0.05, 0) is 13.3 Å². The van der Waals surface area contributed by atoms with E-state index in [0.29, 0.717) is 5.69 Å². The number of aromatic nitrogens is 1. The standard InChI is InChI=1S/C10H11F2NOS/c1-6-13-8(5-15-6)9(14)7-2-3-10(11,12)4-7/h5,7H,2-4H2,1H3. The van der Waals surface area contributed by atoms with E-state index >= 15 is 0 Å². The molecule has 1 aromatic rings. The molecule has 1 unspecified atom stereocenters. The number of rotatable bonds is 2. The van der Waals surface area contributed by atoms with Gasteiger partial charge in [-0.1, -0.05) is 0 Å². The predicted molar refractivity (Wildman–Crippen MR) is 53.5 cm³/mol. The SMILES string of the molecule is Cc1nc(C(=O)C2CCC(F)(F)C2)cs1. The molecule has 0 bridgehead atoms. The van der Waals surface area contributed by atoms with Crippen LogP contribution in [-0.4, -0.2) is 16.7 Å². The number of halogens is 2. The van der Waals surface area contributed by atoms with Crippen LogP contribution in [0.4, 0.5) is 8.78 Å². The molecule has 1 heterocycles. The molecule has 0 saturated heterocycles. The van der Waals surface area contributed by atoms with E-state index in [1.54, 1.807) is 12.3 Å². The lowest BCUT2D eigenvalue weighted by molar-refractivity contribution is 0.00528. The van der Waals surface area contributed by atoms with Crippen LogP contribution in [0, 0.1) is 12.8 Å². The maximum Gasteiger partial charge on any atom is 0.248 e. The van der Waals surface area contributed by atoms with Gasteiger partial charge < -0.3 is 0 Å². The maximum absolute atomic E-state index is 12.9. The maximum atomic E-state index is 12.9. The van der Waals surface area contributed by atoms with Gasteiger partial charge in [-0.25, -0.2) is 13.8 Å². The Morgan fingerprint density at radius 2 is 2.40 bits per heavy atom. The van der Waals surface area contributed by atoms with Crippen LogP contribution in [0.15, 0.2) is 5.38 Å². The summed E-state index contributed by atoms with van der Waals surface area (Å²) in [6.07, 6.45) is -0.211. The molecule has 0 amide bonds. The molecule has 2 nitrogen and oxygen atoms in total. The Morgan fingerprint density at radius 3 is 2.87 bits per heavy atom. The fourth-order valence-electron chi connectivity index (χ4n) is 1.86. The van der Waals surface area contributed by atoms with Crippen molar-refractivity contribution in [2.75, 3.05) is 0 Å². The van der Waals surface area contributed by atoms with Crippen LogP contribution in [0.1, 0.15) is 34.8 Å². The second-order valence-electron chi connectivity index (χ2n) is 3.91. The van der Waals surface area contributed by atoms with Crippen molar-refractivity contribution in [1.29, 1.82) is 0 Å². The minimum Gasteiger partial charge on any atom is -0.292 e. The topological polar surface area (TPSA) is 30.0 Å². The number of ketones is 1. The lowest BCUT2D eigenvalue weighted by atomic mass is 10.0. The van der Waals surface area contributed by atoms with E-state index in [4.69, 9.17) is 0 Å². The van der Waals surface area contributed by atoms with Gasteiger partial charge >= 0.3 is 0 Å². The first kappa shape index (κ1) is 10.7. The Labute approximate surface area is 90.3 Å². The fourth-order valence-corrected chi connectivity index (χ4v) is 2.46. The fraction of sp³-hybridized carbons (Fsp3) is 0.600. The van der Waals surface area contributed by atoms with Gasteiger partial charge in [0.1, 0.15) is 5.69 Å². The highest BCUT2D eigenvalue weighted by molar-refractivity contribution is 7.09. The molecule has 1 fully saturated rings. The highest BCUT2D eigenvalue weighted by Gasteiger charge is 2.42. The van der Waals surface area contributed by atoms with Crippen molar-refractivity contribution in [1.82, 2.24) is 4.98 Å². The highest BCUT2D eigenvalue weighted by atomic mass is 32.1. The summed E-state index contributed by atoms with van der Waals surface area (Å²) >= 11 is 1.37. The van der Waals surface area contributed by atoms with Gasteiger partial charge in [-0.2, -0.15) is 0 Å². The third-order valence-corrected chi connectivity index (χ3v) is 3.42. The van der Waals surface area contributed by atoms with E-state index in [2.05, 4.69) is 4.98 Å². The van der Waals surface area contributed by atoms with E-state index in [1.165, 1.54) is 11.3 Å². The Kier molecular flexibility index (Phi) is 2.58. The number of aryl methyl sites for hydroxylation is 1. The van der Waals surface area contributed by atoms with Crippen molar-refractivity contribution in [3.05, 3.63) is 16.1 Å². The lowest BCUT2D eigenvalue weighted by Gasteiger charge is -2.07. The number of hydrogen-bond acceptors (Lipinski definition) is 3. The zero-order chi connectivity index (χ0) is 11.1. The van der Waals surface area contributed by atoms with Gasteiger partial charge in [0.2, 0.25) is 5.92 Å². The molecule has 1 saturated carbocycles. The average molecular weight is 231 g/mol. The zero-order valence-electron chi connectivity index (χ0n) is 8.30. The van der Waals surface area contributed by atoms with Gasteiger partial charge in [-0.3, -0.25) is 4.79 Å². The van der Waals surface area contributed by atoms with Gasteiger partial charge in [0.05, 0.1) is 5.01 Å². The van der Waals surface area contributed by atoms with Crippen LogP contribution in [0.2, 0.25) is 0 Å². The summed E-state index contributed by atoms with van der Waals surface area (Å²) in [5.41, 5.74) is 0.347. The van der Waals surface area contributed by atoms with Crippen LogP contribution < -0.4 is 0 Å². The lowest BCUT2D eigenvalue weighted by Crippen LogP contribution is -2.16. The first-order valence-electron chi connectivity index (χ1n) is 4.82. The molecular formula is C10H11F2NOS. The van der Waals surface area contributed by atoms with Gasteiger partial charge in [-0.15, -0.1) is 11.3 Å². The molecule has 2 rings (SSSR count). The average Bonchev–Trinajstić information content (AvgIpc) is 2.71. The van der Waals surface area contributed by atoms with Crippen molar-refractivity contribution in [2.24, 2.45) is 5.92 Å². The molecule has 1 atom stereocenters. The molecule has 0 spiro atoms. The first-order valence-corrected chi connectivity index (χ1v) is 5.70. The normalized spacial score (nSPS) is 24.3. The third-order valence-electron chi connectivity index (χ3n) is 2.65. The van der Waals surface area contributed by atoms with Gasteiger partial charge in [0.15, 0.2) is 5.78 Å². The second-order valence-corrected chi connectivity index (χ2v) is 4.97. The molecule has 0 N–H and O–H groups in total. The molecular weight excluding hydrogens is 220 g/mol. The predicted octanol–water partition coefficient (Wildman–Crippen LogP) is 3.07. The van der Waals surface area contributed by atoms with Crippen molar-refractivity contribution >= 4 is 17.1 Å². The second kappa shape index (κ2) is 3.63. The van der Waals surface area contributed by atoms with Crippen LogP contribution in [0.3, 0.4) is 0 Å². The smallest absolute Gasteiger partial charge is 0.248 e. The van der Waals surface area contributed by atoms with Crippen LogP contribution in [-0.2, 0) is 0 Å². The number of carbonyl (C=O) groups is 1. The van der Waals surface area contributed by atoms with Crippen LogP contribution in [0.25, 0.3) is 0 Å². The summed E-state index contributed by atoms with van der Waals surface area (Å²) in [6, 6.07) is 0. The van der Waals surface area contributed by atoms with Gasteiger partial charge in [0, 0.05) is 24.1 Å². The zero-order valence-corrected chi connectivity index (χ0v) is 9.11. The number of thiazole rings is 1. The molecule has 15 heavy (non-hydrogen) atoms. The molecule has 1 aromatic heterocycles. The van der Waals surface area contributed by atoms with Crippen molar-refractivity contribution in [3.63, 3.8) is 0 Å². The molecule has 0 radical (unpaired) electrons. The Hall–Kier alpha value is -0.840. The van der Waals surface area contributed by atoms with E-state index in [1.807, 2.05) is 0 Å². The van der Waals surface area contributed by atoms with Crippen molar-refractivity contribution in [3.8, 4) is 0 Å². The Balaban J connectivity index is 2.10. The van der Waals surface area contributed by atoms with Crippen LogP contribution in [0.5, 0.6) is 0 Å². The number of Topliss-reactive ketones (excluding diaryl/α,β-unsaturated/α-hetero) is 1. The minimum atomic E-state index is -2.66. The summed E-state index contributed by atoms with van der Waals surface area (Å²) in [6.45, 7) is 1.80. The Bertz CT molecular complexity index is 389. The van der Waals surface area contributed by atoms with E-state index in [0.717, 1.165) is 5.01 Å². The molecule has 1 aliphatic carbocycles. The minimum absolute atomic E-state index is 0.174. The number of carbonyl (C=O) groups excluding carboxylic acids is 1. The summed E-state index contributed by atoms with van der Waals surface area (Å²) in [5, 5.41) is 2.44. The largest absolute Gasteiger partial charge is 0.292 e. The Morgan fingerprint density at radius 1 is 1.67 bits per heavy atom. The highest BCUT2D eigenvalue weighted by Crippen LogP contribution is 2.40. The third kappa shape index (κ3) is 2.22. The number of hydrogen-bond donors (Lipinski definition) is 0. The molecule has 0 aliphatic heterocycles. The summed E-state index contributed by atoms with van der Waals surface area (Å²) < 4.78 is 25.8.